The zero-order valence-electron chi connectivity index (χ0n) is 6.89. The van der Waals surface area contributed by atoms with Crippen molar-refractivity contribution in [1.82, 2.24) is 0 Å². The third-order valence-corrected chi connectivity index (χ3v) is 1.54. The molecule has 3 N–H and O–H groups in total. The van der Waals surface area contributed by atoms with Crippen LogP contribution in [-0.4, -0.2) is 29.2 Å². The van der Waals surface area contributed by atoms with E-state index in [4.69, 9.17) is 16.7 Å². The predicted molar refractivity (Wildman–Crippen MR) is 43.3 cm³/mol. The third kappa shape index (κ3) is 6.33. The van der Waals surface area contributed by atoms with Crippen LogP contribution >= 0.6 is 11.6 Å². The van der Waals surface area contributed by atoms with Gasteiger partial charge in [0.15, 0.2) is 0 Å². The van der Waals surface area contributed by atoms with Gasteiger partial charge in [0.25, 0.3) is 0 Å². The van der Waals surface area contributed by atoms with E-state index in [0.29, 0.717) is 12.4 Å². The Morgan fingerprint density at radius 1 is 1.50 bits per heavy atom. The number of halogens is 1. The van der Waals surface area contributed by atoms with E-state index in [1.165, 1.54) is 0 Å². The molecule has 0 amide bonds. The lowest BCUT2D eigenvalue weighted by atomic mass is 10.1. The van der Waals surface area contributed by atoms with E-state index in [1.807, 2.05) is 0 Å². The lowest BCUT2D eigenvalue weighted by Crippen LogP contribution is -2.96. The van der Waals surface area contributed by atoms with Crippen LogP contribution in [-0.2, 0) is 0 Å². The number of nitrogens with two attached hydrogens (primary N) is 1. The standard InChI is InChI=1S/C7H16ClNO/c1-7(2,3)9-5-6(10)4-8/h6,9-10H,4-5H2,1-3H3/p+1/t6-/m0/s1. The van der Waals surface area contributed by atoms with Gasteiger partial charge in [-0.3, -0.25) is 0 Å². The highest BCUT2D eigenvalue weighted by Crippen LogP contribution is 1.89. The summed E-state index contributed by atoms with van der Waals surface area (Å²) in [4.78, 5) is 0. The first-order chi connectivity index (χ1) is 4.45. The van der Waals surface area contributed by atoms with Gasteiger partial charge in [-0.15, -0.1) is 11.6 Å². The summed E-state index contributed by atoms with van der Waals surface area (Å²) >= 11 is 5.41. The molecule has 0 aliphatic heterocycles. The molecule has 2 nitrogen and oxygen atoms in total. The van der Waals surface area contributed by atoms with Crippen molar-refractivity contribution < 1.29 is 10.4 Å². The van der Waals surface area contributed by atoms with Crippen molar-refractivity contribution in [3.63, 3.8) is 0 Å². The highest BCUT2D eigenvalue weighted by molar-refractivity contribution is 6.18. The lowest BCUT2D eigenvalue weighted by molar-refractivity contribution is -0.721. The molecule has 0 saturated heterocycles. The summed E-state index contributed by atoms with van der Waals surface area (Å²) in [6, 6.07) is 0. The molecule has 62 valence electrons. The van der Waals surface area contributed by atoms with Gasteiger partial charge in [-0.2, -0.15) is 0 Å². The van der Waals surface area contributed by atoms with E-state index < -0.39 is 0 Å². The van der Waals surface area contributed by atoms with Crippen molar-refractivity contribution in [2.45, 2.75) is 32.4 Å². The van der Waals surface area contributed by atoms with Crippen molar-refractivity contribution in [3.8, 4) is 0 Å². The fourth-order valence-corrected chi connectivity index (χ4v) is 0.679. The Labute approximate surface area is 67.6 Å². The molecule has 1 atom stereocenters. The second-order valence-corrected chi connectivity index (χ2v) is 3.92. The highest BCUT2D eigenvalue weighted by atomic mass is 35.5. The van der Waals surface area contributed by atoms with Crippen molar-refractivity contribution in [2.24, 2.45) is 0 Å². The first-order valence-electron chi connectivity index (χ1n) is 3.54. The van der Waals surface area contributed by atoms with Crippen LogP contribution in [0.3, 0.4) is 0 Å². The van der Waals surface area contributed by atoms with Gasteiger partial charge in [0.1, 0.15) is 12.6 Å². The maximum absolute atomic E-state index is 9.06. The van der Waals surface area contributed by atoms with Gasteiger partial charge in [0, 0.05) is 0 Å². The van der Waals surface area contributed by atoms with Crippen molar-refractivity contribution in [3.05, 3.63) is 0 Å². The van der Waals surface area contributed by atoms with Crippen LogP contribution in [0.2, 0.25) is 0 Å². The lowest BCUT2D eigenvalue weighted by Gasteiger charge is -2.18. The van der Waals surface area contributed by atoms with Gasteiger partial charge < -0.3 is 10.4 Å². The number of alkyl halides is 1. The first kappa shape index (κ1) is 10.2. The summed E-state index contributed by atoms with van der Waals surface area (Å²) in [6.45, 7) is 7.00. The van der Waals surface area contributed by atoms with Crippen LogP contribution in [0, 0.1) is 0 Å². The van der Waals surface area contributed by atoms with Crippen LogP contribution in [0.4, 0.5) is 0 Å². The minimum absolute atomic E-state index is 0.188. The van der Waals surface area contributed by atoms with Crippen LogP contribution in [0.1, 0.15) is 20.8 Å². The van der Waals surface area contributed by atoms with E-state index in [2.05, 4.69) is 26.1 Å². The van der Waals surface area contributed by atoms with Crippen molar-refractivity contribution >= 4 is 11.6 Å². The molecular formula is C7H17ClNO+. The molecule has 0 aromatic carbocycles. The summed E-state index contributed by atoms with van der Waals surface area (Å²) in [5, 5.41) is 11.1. The molecule has 0 unspecified atom stereocenters. The quantitative estimate of drug-likeness (QED) is 0.567. The second-order valence-electron chi connectivity index (χ2n) is 3.61. The number of aliphatic hydroxyl groups excluding tert-OH is 1. The molecule has 0 fully saturated rings. The summed E-state index contributed by atoms with van der Waals surface area (Å²) in [5.41, 5.74) is 0.188. The van der Waals surface area contributed by atoms with Crippen molar-refractivity contribution in [2.75, 3.05) is 12.4 Å². The fraction of sp³-hybridized carbons (Fsp3) is 1.00. The molecule has 0 radical (unpaired) electrons. The molecule has 0 spiro atoms. The van der Waals surface area contributed by atoms with E-state index in [0.717, 1.165) is 0 Å². The Bertz CT molecular complexity index is 90.1. The Balaban J connectivity index is 3.36. The van der Waals surface area contributed by atoms with Crippen LogP contribution < -0.4 is 5.32 Å². The molecule has 3 heteroatoms. The number of aliphatic hydroxyl groups is 1. The van der Waals surface area contributed by atoms with Gasteiger partial charge >= 0.3 is 0 Å². The molecule has 0 rings (SSSR count). The summed E-state index contributed by atoms with van der Waals surface area (Å²) in [7, 11) is 0. The first-order valence-corrected chi connectivity index (χ1v) is 4.07. The van der Waals surface area contributed by atoms with E-state index in [-0.39, 0.29) is 11.6 Å². The molecule has 0 aromatic heterocycles. The molecule has 0 aliphatic rings. The molecule has 0 bridgehead atoms. The maximum atomic E-state index is 9.06. The monoisotopic (exact) mass is 166 g/mol. The van der Waals surface area contributed by atoms with Crippen molar-refractivity contribution in [1.29, 1.82) is 0 Å². The predicted octanol–water partition coefficient (Wildman–Crippen LogP) is -0.0520. The van der Waals surface area contributed by atoms with Crippen LogP contribution in [0.15, 0.2) is 0 Å². The second kappa shape index (κ2) is 4.16. The van der Waals surface area contributed by atoms with Gasteiger partial charge in [-0.25, -0.2) is 0 Å². The third-order valence-electron chi connectivity index (χ3n) is 1.18. The minimum atomic E-state index is -0.374. The average Bonchev–Trinajstić information content (AvgIpc) is 1.81. The zero-order chi connectivity index (χ0) is 8.20. The summed E-state index contributed by atoms with van der Waals surface area (Å²) in [5.74, 6) is 0.326. The number of hydrogen-bond acceptors (Lipinski definition) is 1. The smallest absolute Gasteiger partial charge is 0.116 e. The molecule has 0 aromatic rings. The molecule has 0 heterocycles. The highest BCUT2D eigenvalue weighted by Gasteiger charge is 2.14. The molecule has 0 saturated carbocycles. The maximum Gasteiger partial charge on any atom is 0.116 e. The fourth-order valence-electron chi connectivity index (χ4n) is 0.553. The Morgan fingerprint density at radius 2 is 2.00 bits per heavy atom. The Hall–Kier alpha value is 0.210. The summed E-state index contributed by atoms with van der Waals surface area (Å²) < 4.78 is 0. The number of hydrogen-bond donors (Lipinski definition) is 2. The van der Waals surface area contributed by atoms with Gasteiger partial charge in [0.2, 0.25) is 0 Å². The number of quaternary nitrogens is 1. The minimum Gasteiger partial charge on any atom is -0.386 e. The van der Waals surface area contributed by atoms with Gasteiger partial charge in [-0.05, 0) is 20.8 Å². The van der Waals surface area contributed by atoms with Crippen LogP contribution in [0.25, 0.3) is 0 Å². The largest absolute Gasteiger partial charge is 0.386 e. The van der Waals surface area contributed by atoms with E-state index in [9.17, 15) is 0 Å². The summed E-state index contributed by atoms with van der Waals surface area (Å²) in [6.07, 6.45) is -0.374. The average molecular weight is 167 g/mol. The molecule has 10 heavy (non-hydrogen) atoms. The topological polar surface area (TPSA) is 36.8 Å². The van der Waals surface area contributed by atoms with Gasteiger partial charge in [0.05, 0.1) is 11.4 Å². The van der Waals surface area contributed by atoms with E-state index >= 15 is 0 Å². The molecule has 0 aliphatic carbocycles. The zero-order valence-corrected chi connectivity index (χ0v) is 7.65. The van der Waals surface area contributed by atoms with Gasteiger partial charge in [-0.1, -0.05) is 0 Å². The Morgan fingerprint density at radius 3 is 2.30 bits per heavy atom. The number of rotatable bonds is 3. The SMILES string of the molecule is CC(C)(C)[NH2+]C[C@@H](O)CCl. The van der Waals surface area contributed by atoms with E-state index in [1.54, 1.807) is 0 Å². The van der Waals surface area contributed by atoms with Crippen LogP contribution in [0.5, 0.6) is 0 Å². The molecular weight excluding hydrogens is 150 g/mol. The Kier molecular flexibility index (Phi) is 4.25. The normalized spacial score (nSPS) is 15.3.